The number of urea groups is 1. The average Bonchev–Trinajstić information content (AvgIpc) is 2.83. The molecule has 0 bridgehead atoms. The maximum Gasteiger partial charge on any atom is 0.325 e. The summed E-state index contributed by atoms with van der Waals surface area (Å²) >= 11 is 5.87. The number of carbonyl (C=O) groups is 2. The Hall–Kier alpha value is -2.33. The Balaban J connectivity index is 1.91. The van der Waals surface area contributed by atoms with E-state index in [1.165, 1.54) is 4.90 Å². The zero-order valence-electron chi connectivity index (χ0n) is 12.8. The highest BCUT2D eigenvalue weighted by Gasteiger charge is 2.50. The van der Waals surface area contributed by atoms with Crippen molar-refractivity contribution in [1.29, 1.82) is 0 Å². The summed E-state index contributed by atoms with van der Waals surface area (Å²) in [6, 6.07) is 16.1. The summed E-state index contributed by atoms with van der Waals surface area (Å²) in [6.45, 7) is 2.13. The molecule has 3 amide bonds. The van der Waals surface area contributed by atoms with E-state index < -0.39 is 5.54 Å². The predicted molar refractivity (Wildman–Crippen MR) is 88.9 cm³/mol. The second-order valence-electron chi connectivity index (χ2n) is 5.57. The number of benzene rings is 2. The van der Waals surface area contributed by atoms with Gasteiger partial charge in [0.05, 0.1) is 6.54 Å². The predicted octanol–water partition coefficient (Wildman–Crippen LogP) is 3.70. The molecule has 1 aliphatic rings. The van der Waals surface area contributed by atoms with Gasteiger partial charge in [-0.15, -0.1) is 0 Å². The van der Waals surface area contributed by atoms with Crippen LogP contribution in [0.15, 0.2) is 54.6 Å². The molecule has 23 heavy (non-hydrogen) atoms. The van der Waals surface area contributed by atoms with Gasteiger partial charge in [0.25, 0.3) is 5.91 Å². The highest BCUT2D eigenvalue weighted by atomic mass is 35.5. The van der Waals surface area contributed by atoms with Crippen molar-refractivity contribution in [2.24, 2.45) is 0 Å². The third-order valence-corrected chi connectivity index (χ3v) is 4.48. The summed E-state index contributed by atoms with van der Waals surface area (Å²) in [4.78, 5) is 26.6. The topological polar surface area (TPSA) is 49.4 Å². The van der Waals surface area contributed by atoms with Crippen molar-refractivity contribution < 1.29 is 9.59 Å². The molecule has 1 aliphatic heterocycles. The molecule has 1 fully saturated rings. The Kier molecular flexibility index (Phi) is 4.09. The number of nitrogens with one attached hydrogen (secondary N) is 1. The molecule has 4 nitrogen and oxygen atoms in total. The number of nitrogens with zero attached hydrogens (tertiary/aromatic N) is 1. The lowest BCUT2D eigenvalue weighted by molar-refractivity contribution is -0.132. The molecule has 1 saturated heterocycles. The number of rotatable bonds is 4. The van der Waals surface area contributed by atoms with Crippen LogP contribution in [0.2, 0.25) is 5.02 Å². The lowest BCUT2D eigenvalue weighted by Gasteiger charge is -2.25. The van der Waals surface area contributed by atoms with E-state index in [9.17, 15) is 9.59 Å². The Morgan fingerprint density at radius 3 is 2.30 bits per heavy atom. The first kappa shape index (κ1) is 15.6. The van der Waals surface area contributed by atoms with Crippen molar-refractivity contribution in [3.8, 4) is 0 Å². The second kappa shape index (κ2) is 6.05. The summed E-state index contributed by atoms with van der Waals surface area (Å²) in [5, 5.41) is 3.50. The summed E-state index contributed by atoms with van der Waals surface area (Å²) in [6.07, 6.45) is 0.499. The summed E-state index contributed by atoms with van der Waals surface area (Å²) < 4.78 is 0. The Morgan fingerprint density at radius 2 is 1.70 bits per heavy atom. The molecule has 1 heterocycles. The average molecular weight is 329 g/mol. The van der Waals surface area contributed by atoms with Gasteiger partial charge in [0, 0.05) is 5.02 Å². The van der Waals surface area contributed by atoms with Crippen molar-refractivity contribution >= 4 is 23.5 Å². The molecule has 5 heteroatoms. The molecule has 0 saturated carbocycles. The van der Waals surface area contributed by atoms with E-state index in [-0.39, 0.29) is 18.5 Å². The Bertz CT molecular complexity index is 730. The number of imide groups is 1. The number of amides is 3. The van der Waals surface area contributed by atoms with Crippen molar-refractivity contribution in [3.63, 3.8) is 0 Å². The van der Waals surface area contributed by atoms with Crippen LogP contribution in [0, 0.1) is 0 Å². The van der Waals surface area contributed by atoms with Gasteiger partial charge in [0.1, 0.15) is 5.54 Å². The summed E-state index contributed by atoms with van der Waals surface area (Å²) in [7, 11) is 0. The van der Waals surface area contributed by atoms with Gasteiger partial charge in [-0.2, -0.15) is 0 Å². The fourth-order valence-electron chi connectivity index (χ4n) is 2.90. The first-order valence-electron chi connectivity index (χ1n) is 7.51. The molecule has 1 N–H and O–H groups in total. The molecule has 2 aromatic rings. The van der Waals surface area contributed by atoms with Crippen molar-refractivity contribution in [2.75, 3.05) is 0 Å². The van der Waals surface area contributed by atoms with Crippen molar-refractivity contribution in [2.45, 2.75) is 25.4 Å². The molecule has 118 valence electrons. The van der Waals surface area contributed by atoms with E-state index in [2.05, 4.69) is 5.32 Å². The van der Waals surface area contributed by atoms with Crippen LogP contribution < -0.4 is 5.32 Å². The maximum absolute atomic E-state index is 13.0. The molecule has 0 aliphatic carbocycles. The molecule has 2 aromatic carbocycles. The smallest absolute Gasteiger partial charge is 0.319 e. The van der Waals surface area contributed by atoms with E-state index in [0.717, 1.165) is 11.1 Å². The Labute approximate surface area is 140 Å². The van der Waals surface area contributed by atoms with Crippen molar-refractivity contribution in [1.82, 2.24) is 10.2 Å². The second-order valence-corrected chi connectivity index (χ2v) is 6.01. The fourth-order valence-corrected chi connectivity index (χ4v) is 3.03. The first-order chi connectivity index (χ1) is 11.1. The third kappa shape index (κ3) is 2.70. The maximum atomic E-state index is 13.0. The molecule has 1 unspecified atom stereocenters. The van der Waals surface area contributed by atoms with Crippen LogP contribution in [0.3, 0.4) is 0 Å². The van der Waals surface area contributed by atoms with Crippen LogP contribution in [-0.4, -0.2) is 16.8 Å². The van der Waals surface area contributed by atoms with Gasteiger partial charge in [0.2, 0.25) is 0 Å². The van der Waals surface area contributed by atoms with Gasteiger partial charge in [-0.05, 0) is 29.7 Å². The van der Waals surface area contributed by atoms with Gasteiger partial charge >= 0.3 is 6.03 Å². The normalized spacial score (nSPS) is 20.7. The van der Waals surface area contributed by atoms with Gasteiger partial charge < -0.3 is 5.32 Å². The number of hydrogen-bond donors (Lipinski definition) is 1. The summed E-state index contributed by atoms with van der Waals surface area (Å²) in [5.74, 6) is -0.217. The van der Waals surface area contributed by atoms with Gasteiger partial charge in [0.15, 0.2) is 0 Å². The Morgan fingerprint density at radius 1 is 1.04 bits per heavy atom. The monoisotopic (exact) mass is 328 g/mol. The molecule has 3 rings (SSSR count). The first-order valence-corrected chi connectivity index (χ1v) is 7.88. The molecule has 0 radical (unpaired) electrons. The zero-order valence-corrected chi connectivity index (χ0v) is 13.5. The molecule has 0 aromatic heterocycles. The van der Waals surface area contributed by atoms with Gasteiger partial charge in [-0.1, -0.05) is 61.0 Å². The van der Waals surface area contributed by atoms with Crippen LogP contribution in [-0.2, 0) is 16.9 Å². The SMILES string of the molecule is CCC1(c2ccccc2)NC(=O)N(Cc2ccc(Cl)cc2)C1=O. The standard InChI is InChI=1S/C18H17ClN2O2/c1-2-18(14-6-4-3-5-7-14)16(22)21(17(23)20-18)12-13-8-10-15(19)11-9-13/h3-11H,2,12H2,1H3,(H,20,23). The number of halogens is 1. The van der Waals surface area contributed by atoms with Crippen LogP contribution in [0.25, 0.3) is 0 Å². The minimum atomic E-state index is -0.981. The highest BCUT2D eigenvalue weighted by Crippen LogP contribution is 2.33. The van der Waals surface area contributed by atoms with Crippen LogP contribution in [0.1, 0.15) is 24.5 Å². The third-order valence-electron chi connectivity index (χ3n) is 4.23. The minimum Gasteiger partial charge on any atom is -0.319 e. The largest absolute Gasteiger partial charge is 0.325 e. The van der Waals surface area contributed by atoms with E-state index in [1.807, 2.05) is 49.4 Å². The summed E-state index contributed by atoms with van der Waals surface area (Å²) in [5.41, 5.74) is 0.683. The number of hydrogen-bond acceptors (Lipinski definition) is 2. The highest BCUT2D eigenvalue weighted by molar-refractivity contribution is 6.30. The van der Waals surface area contributed by atoms with E-state index >= 15 is 0 Å². The molecular formula is C18H17ClN2O2. The molecular weight excluding hydrogens is 312 g/mol. The minimum absolute atomic E-state index is 0.217. The van der Waals surface area contributed by atoms with E-state index in [4.69, 9.17) is 11.6 Å². The van der Waals surface area contributed by atoms with Gasteiger partial charge in [-0.25, -0.2) is 4.79 Å². The zero-order chi connectivity index (χ0) is 16.4. The lowest BCUT2D eigenvalue weighted by atomic mass is 9.87. The fraction of sp³-hybridized carbons (Fsp3) is 0.222. The van der Waals surface area contributed by atoms with Gasteiger partial charge in [-0.3, -0.25) is 9.69 Å². The van der Waals surface area contributed by atoms with E-state index in [1.54, 1.807) is 12.1 Å². The number of carbonyl (C=O) groups excluding carboxylic acids is 2. The van der Waals surface area contributed by atoms with Crippen LogP contribution in [0.5, 0.6) is 0 Å². The van der Waals surface area contributed by atoms with E-state index in [0.29, 0.717) is 11.4 Å². The van der Waals surface area contributed by atoms with Crippen LogP contribution >= 0.6 is 11.6 Å². The molecule has 1 atom stereocenters. The quantitative estimate of drug-likeness (QED) is 0.870. The molecule has 0 spiro atoms. The van der Waals surface area contributed by atoms with Crippen molar-refractivity contribution in [3.05, 3.63) is 70.7 Å². The van der Waals surface area contributed by atoms with Crippen LogP contribution in [0.4, 0.5) is 4.79 Å². The lowest BCUT2D eigenvalue weighted by Crippen LogP contribution is -2.43.